The molecule has 1 aliphatic heterocycles. The molecule has 1 heterocycles. The summed E-state index contributed by atoms with van der Waals surface area (Å²) < 4.78 is 13.4. The highest BCUT2D eigenvalue weighted by Gasteiger charge is 2.57. The molecule has 2 rings (SSSR count). The second-order valence-corrected chi connectivity index (χ2v) is 9.34. The van der Waals surface area contributed by atoms with Crippen LogP contribution in [0.2, 0.25) is 0 Å². The fourth-order valence-electron chi connectivity index (χ4n) is 4.48. The van der Waals surface area contributed by atoms with Crippen molar-refractivity contribution in [2.75, 3.05) is 7.11 Å². The van der Waals surface area contributed by atoms with E-state index >= 15 is 0 Å². The Kier molecular flexibility index (Phi) is 10.1. The third kappa shape index (κ3) is 5.80. The van der Waals surface area contributed by atoms with Gasteiger partial charge < -0.3 is 14.4 Å². The van der Waals surface area contributed by atoms with Gasteiger partial charge >= 0.3 is 5.97 Å². The van der Waals surface area contributed by atoms with Crippen LogP contribution in [0, 0.1) is 10.1 Å². The zero-order valence-corrected chi connectivity index (χ0v) is 22.4. The minimum absolute atomic E-state index is 0.106. The lowest BCUT2D eigenvalue weighted by molar-refractivity contribution is -0.763. The summed E-state index contributed by atoms with van der Waals surface area (Å²) in [4.78, 5) is 41.3. The lowest BCUT2D eigenvalue weighted by atomic mass is 9.78. The monoisotopic (exact) mass is 507 g/mol. The van der Waals surface area contributed by atoms with Gasteiger partial charge in [0, 0.05) is 36.3 Å². The van der Waals surface area contributed by atoms with Gasteiger partial charge in [0.15, 0.2) is 11.7 Å². The smallest absolute Gasteiger partial charge is 0.344 e. The van der Waals surface area contributed by atoms with Crippen LogP contribution in [0.1, 0.15) is 72.8 Å². The van der Waals surface area contributed by atoms with Crippen LogP contribution in [-0.2, 0) is 24.7 Å². The molecule has 0 radical (unpaired) electrons. The number of carbonyl (C=O) groups is 1. The van der Waals surface area contributed by atoms with Crippen LogP contribution in [0.3, 0.4) is 0 Å². The van der Waals surface area contributed by atoms with Crippen molar-refractivity contribution in [2.45, 2.75) is 85.0 Å². The number of benzene rings is 1. The van der Waals surface area contributed by atoms with Gasteiger partial charge in [-0.3, -0.25) is 15.0 Å². The number of esters is 1. The van der Waals surface area contributed by atoms with Crippen molar-refractivity contribution in [3.05, 3.63) is 51.2 Å². The number of rotatable bonds is 11. The summed E-state index contributed by atoms with van der Waals surface area (Å²) in [5, 5.41) is 12.0. The first-order chi connectivity index (χ1) is 16.6. The third-order valence-corrected chi connectivity index (χ3v) is 6.84. The lowest BCUT2D eigenvalue weighted by Crippen LogP contribution is -2.53. The molecule has 192 valence electrons. The van der Waals surface area contributed by atoms with Gasteiger partial charge in [0.2, 0.25) is 11.4 Å². The number of nitro groups is 1. The average molecular weight is 508 g/mol. The number of hydrogen-bond acceptors (Lipinski definition) is 7. The number of ether oxygens (including phenoxy) is 2. The van der Waals surface area contributed by atoms with Gasteiger partial charge in [0.1, 0.15) is 10.9 Å². The molecule has 1 N–H and O–H groups in total. The first-order valence-electron chi connectivity index (χ1n) is 11.8. The number of nitro benzene ring substituents is 1. The highest BCUT2D eigenvalue weighted by atomic mass is 31.1. The molecular weight excluding hydrogens is 471 g/mol. The van der Waals surface area contributed by atoms with Gasteiger partial charge in [0.05, 0.1) is 26.6 Å². The Morgan fingerprint density at radius 2 is 1.83 bits per heavy atom. The molecule has 10 heteroatoms. The topological polar surface area (TPSA) is 111 Å². The number of methoxy groups -OCH3 is 1. The van der Waals surface area contributed by atoms with Crippen LogP contribution in [-0.4, -0.2) is 50.8 Å². The summed E-state index contributed by atoms with van der Waals surface area (Å²) in [6.07, 6.45) is 2.68. The van der Waals surface area contributed by atoms with Crippen LogP contribution in [0.4, 0.5) is 5.69 Å². The van der Waals surface area contributed by atoms with E-state index in [9.17, 15) is 19.8 Å². The maximum Gasteiger partial charge on any atom is 0.344 e. The maximum atomic E-state index is 13.4. The highest BCUT2D eigenvalue weighted by molar-refractivity contribution is 7.38. The van der Waals surface area contributed by atoms with Crippen LogP contribution in [0.5, 0.6) is 0 Å². The lowest BCUT2D eigenvalue weighted by Gasteiger charge is -2.39. The number of carbonyl (C=O) groups excluding carboxylic acids is 1. The van der Waals surface area contributed by atoms with E-state index in [0.29, 0.717) is 28.7 Å². The van der Waals surface area contributed by atoms with Crippen LogP contribution in [0.15, 0.2) is 35.5 Å². The first kappa shape index (κ1) is 28.6. The van der Waals surface area contributed by atoms with Gasteiger partial charge in [-0.1, -0.05) is 38.8 Å². The Morgan fingerprint density at radius 3 is 2.37 bits per heavy atom. The average Bonchev–Trinajstić information content (AvgIpc) is 2.82. The van der Waals surface area contributed by atoms with E-state index in [4.69, 9.17) is 14.3 Å². The van der Waals surface area contributed by atoms with Gasteiger partial charge in [0.25, 0.3) is 5.69 Å². The molecule has 35 heavy (non-hydrogen) atoms. The van der Waals surface area contributed by atoms with Gasteiger partial charge in [-0.15, -0.1) is 0 Å². The summed E-state index contributed by atoms with van der Waals surface area (Å²) in [5.41, 5.74) is -0.345. The molecular formula is C25H36N2O7P+. The first-order valence-corrected chi connectivity index (χ1v) is 12.7. The molecule has 0 bridgehead atoms. The summed E-state index contributed by atoms with van der Waals surface area (Å²) in [5.74, 6) is -0.678. The summed E-state index contributed by atoms with van der Waals surface area (Å²) >= 11 is 0. The Bertz CT molecular complexity index is 1050. The molecule has 0 amide bonds. The summed E-state index contributed by atoms with van der Waals surface area (Å²) in [6, 6.07) is 5.96. The Morgan fingerprint density at radius 1 is 1.20 bits per heavy atom. The predicted octanol–water partition coefficient (Wildman–Crippen LogP) is 5.08. The van der Waals surface area contributed by atoms with Crippen molar-refractivity contribution in [2.24, 2.45) is 0 Å². The van der Waals surface area contributed by atoms with Crippen molar-refractivity contribution in [1.82, 2.24) is 0 Å². The van der Waals surface area contributed by atoms with Crippen molar-refractivity contribution in [3.8, 4) is 0 Å². The Hall–Kier alpha value is -2.61. The fourth-order valence-corrected chi connectivity index (χ4v) is 5.15. The van der Waals surface area contributed by atoms with E-state index in [0.717, 1.165) is 19.3 Å². The molecule has 0 spiro atoms. The molecule has 1 aliphatic rings. The molecule has 1 aromatic carbocycles. The molecule has 1 aromatic rings. The van der Waals surface area contributed by atoms with E-state index in [1.165, 1.54) is 24.0 Å². The molecule has 0 aromatic heterocycles. The summed E-state index contributed by atoms with van der Waals surface area (Å²) in [6.45, 7) is 11.4. The van der Waals surface area contributed by atoms with E-state index < -0.39 is 16.5 Å². The number of non-ortho nitro benzene ring substituents is 1. The van der Waals surface area contributed by atoms with E-state index in [-0.39, 0.29) is 31.9 Å². The molecule has 0 saturated heterocycles. The molecule has 9 nitrogen and oxygen atoms in total. The number of hydrogen-bond donors (Lipinski definition) is 1. The number of allylic oxidation sites excluding steroid dienone is 1. The van der Waals surface area contributed by atoms with E-state index in [2.05, 4.69) is 6.92 Å². The standard InChI is InChI=1S/C25H35N2O7P/c1-8-11-16(3)33-25(20-13-10-14-21(15-20)27(29)30)22(24(28)32-7)18(5)26(19(6)23(25)35-31)34-17(4)12-9-2/h10,13-17H,8-9,11-12H2,1-7H3/p+1. The van der Waals surface area contributed by atoms with Crippen molar-refractivity contribution in [3.63, 3.8) is 0 Å². The summed E-state index contributed by atoms with van der Waals surface area (Å²) in [7, 11) is 1.10. The van der Waals surface area contributed by atoms with Crippen LogP contribution >= 0.6 is 8.43 Å². The minimum atomic E-state index is -1.62. The normalized spacial score (nSPS) is 21.2. The fraction of sp³-hybridized carbons (Fsp3) is 0.560. The SMILES string of the molecule is CCCC(C)O[N+]1=C(C)C(=PO)C(OC(C)CCC)(c2cccc([N+](=O)[O-])c2)C(C(=O)OC)=C1C. The van der Waals surface area contributed by atoms with E-state index in [1.807, 2.05) is 20.8 Å². The quantitative estimate of drug-likeness (QED) is 0.146. The number of hydroxylamine groups is 1. The largest absolute Gasteiger partial charge is 0.465 e. The van der Waals surface area contributed by atoms with Crippen LogP contribution in [0.25, 0.3) is 0 Å². The maximum absolute atomic E-state index is 13.4. The molecule has 3 atom stereocenters. The minimum Gasteiger partial charge on any atom is -0.465 e. The van der Waals surface area contributed by atoms with Gasteiger partial charge in [-0.05, 0) is 26.7 Å². The second-order valence-electron chi connectivity index (χ2n) is 8.69. The van der Waals surface area contributed by atoms with Crippen molar-refractivity contribution in [1.29, 1.82) is 0 Å². The molecule has 0 saturated carbocycles. The van der Waals surface area contributed by atoms with Crippen molar-refractivity contribution < 1.29 is 33.7 Å². The van der Waals surface area contributed by atoms with Crippen molar-refractivity contribution >= 4 is 31.1 Å². The van der Waals surface area contributed by atoms with E-state index in [1.54, 1.807) is 26.0 Å². The zero-order valence-electron chi connectivity index (χ0n) is 21.5. The Labute approximate surface area is 208 Å². The van der Waals surface area contributed by atoms with Gasteiger partial charge in [-0.25, -0.2) is 4.79 Å². The molecule has 0 fully saturated rings. The third-order valence-electron chi connectivity index (χ3n) is 6.01. The highest BCUT2D eigenvalue weighted by Crippen LogP contribution is 2.45. The predicted molar refractivity (Wildman–Crippen MR) is 135 cm³/mol. The van der Waals surface area contributed by atoms with Gasteiger partial charge in [-0.2, -0.15) is 0 Å². The number of nitrogens with zero attached hydrogens (tertiary/aromatic N) is 2. The van der Waals surface area contributed by atoms with Crippen LogP contribution < -0.4 is 0 Å². The zero-order chi connectivity index (χ0) is 26.3. The second kappa shape index (κ2) is 12.4. The molecule has 3 unspecified atom stereocenters. The molecule has 0 aliphatic carbocycles. The Balaban J connectivity index is 2.96.